The van der Waals surface area contributed by atoms with Crippen LogP contribution in [0.25, 0.3) is 0 Å². The van der Waals surface area contributed by atoms with Crippen LogP contribution in [0.2, 0.25) is 0 Å². The van der Waals surface area contributed by atoms with E-state index in [1.807, 2.05) is 13.8 Å². The summed E-state index contributed by atoms with van der Waals surface area (Å²) in [6.07, 6.45) is 0.790. The van der Waals surface area contributed by atoms with Crippen molar-refractivity contribution >= 4 is 0 Å². The molecule has 0 aromatic rings. The second-order valence-corrected chi connectivity index (χ2v) is 5.16. The number of aliphatic hydroxyl groups excluding tert-OH is 4. The molecule has 0 aromatic carbocycles. The van der Waals surface area contributed by atoms with E-state index in [9.17, 15) is 10.2 Å². The molecule has 5 N–H and O–H groups in total. The first-order valence-electron chi connectivity index (χ1n) is 6.47. The van der Waals surface area contributed by atoms with Gasteiger partial charge in [-0.3, -0.25) is 0 Å². The molecule has 0 radical (unpaired) electrons. The Hall–Kier alpha value is -0.200. The minimum Gasteiger partial charge on any atom is -0.396 e. The molecule has 0 aliphatic rings. The lowest BCUT2D eigenvalue weighted by Crippen LogP contribution is -2.36. The molecule has 18 heavy (non-hydrogen) atoms. The molecule has 0 bridgehead atoms. The molecule has 2 unspecified atom stereocenters. The molecule has 0 saturated heterocycles. The predicted molar refractivity (Wildman–Crippen MR) is 71.1 cm³/mol. The summed E-state index contributed by atoms with van der Waals surface area (Å²) in [5, 5.41) is 43.8. The number of hydrogen-bond acceptors (Lipinski definition) is 5. The van der Waals surface area contributed by atoms with Crippen LogP contribution in [-0.2, 0) is 0 Å². The van der Waals surface area contributed by atoms with Crippen LogP contribution in [0.15, 0.2) is 0 Å². The quantitative estimate of drug-likeness (QED) is 0.451. The highest BCUT2D eigenvalue weighted by atomic mass is 16.3. The van der Waals surface area contributed by atoms with Crippen molar-refractivity contribution in [1.29, 1.82) is 0 Å². The van der Waals surface area contributed by atoms with Gasteiger partial charge in [0.2, 0.25) is 0 Å². The van der Waals surface area contributed by atoms with Crippen molar-refractivity contribution < 1.29 is 25.5 Å². The summed E-state index contributed by atoms with van der Waals surface area (Å²) in [6, 6.07) is 0. The van der Waals surface area contributed by atoms with Gasteiger partial charge in [0.1, 0.15) is 0 Å². The topological polar surface area (TPSA) is 101 Å². The Balaban J connectivity index is 0. The highest BCUT2D eigenvalue weighted by molar-refractivity contribution is 4.78. The van der Waals surface area contributed by atoms with Crippen LogP contribution in [0.3, 0.4) is 0 Å². The third-order valence-electron chi connectivity index (χ3n) is 3.16. The molecule has 5 heteroatoms. The highest BCUT2D eigenvalue weighted by Gasteiger charge is 2.27. The summed E-state index contributed by atoms with van der Waals surface area (Å²) in [5.41, 5.74) is -0.768. The molecule has 0 amide bonds. The average molecular weight is 266 g/mol. The van der Waals surface area contributed by atoms with Crippen molar-refractivity contribution in [2.45, 2.75) is 52.2 Å². The fraction of sp³-hybridized carbons (Fsp3) is 1.00. The molecule has 0 heterocycles. The Morgan fingerprint density at radius 1 is 1.06 bits per heavy atom. The van der Waals surface area contributed by atoms with Gasteiger partial charge in [-0.1, -0.05) is 13.8 Å². The van der Waals surface area contributed by atoms with Crippen molar-refractivity contribution in [2.24, 2.45) is 11.8 Å². The first-order valence-corrected chi connectivity index (χ1v) is 6.47. The van der Waals surface area contributed by atoms with Gasteiger partial charge in [0.25, 0.3) is 0 Å². The molecule has 0 aliphatic heterocycles. The Kier molecular flexibility index (Phi) is 12.0. The largest absolute Gasteiger partial charge is 0.396 e. The third-order valence-corrected chi connectivity index (χ3v) is 3.16. The van der Waals surface area contributed by atoms with Gasteiger partial charge in [0, 0.05) is 31.7 Å². The fourth-order valence-corrected chi connectivity index (χ4v) is 1.25. The van der Waals surface area contributed by atoms with Crippen molar-refractivity contribution in [3.63, 3.8) is 0 Å². The lowest BCUT2D eigenvalue weighted by Gasteiger charge is -2.29. The fourth-order valence-electron chi connectivity index (χ4n) is 1.25. The van der Waals surface area contributed by atoms with Gasteiger partial charge in [-0.05, 0) is 26.7 Å². The zero-order chi connectivity index (χ0) is 14.8. The van der Waals surface area contributed by atoms with Crippen LogP contribution in [0, 0.1) is 11.8 Å². The van der Waals surface area contributed by atoms with Gasteiger partial charge in [-0.15, -0.1) is 0 Å². The summed E-state index contributed by atoms with van der Waals surface area (Å²) in [5.74, 6) is -0.197. The number of aliphatic hydroxyl groups is 5. The standard InChI is InChI=1S/C8H18O2.C5H12O3/c1-5-7(9)6(2)8(3,4)10;6-2-1-5(3-7)4-8/h6-7,9-10H,5H2,1-4H3;5-8H,1-4H2. The SMILES string of the molecule is CCC(O)C(C)C(C)(C)O.OCCC(CO)CO. The molecule has 0 saturated carbocycles. The summed E-state index contributed by atoms with van der Waals surface area (Å²) in [6.45, 7) is 7.15. The molecule has 0 spiro atoms. The Bertz CT molecular complexity index is 175. The van der Waals surface area contributed by atoms with Crippen molar-refractivity contribution in [1.82, 2.24) is 0 Å². The average Bonchev–Trinajstić information content (AvgIpc) is 2.33. The lowest BCUT2D eigenvalue weighted by atomic mass is 9.87. The number of rotatable bonds is 7. The van der Waals surface area contributed by atoms with E-state index in [-0.39, 0.29) is 37.8 Å². The van der Waals surface area contributed by atoms with Crippen molar-refractivity contribution in [3.8, 4) is 0 Å². The van der Waals surface area contributed by atoms with Crippen LogP contribution in [0.5, 0.6) is 0 Å². The van der Waals surface area contributed by atoms with Crippen LogP contribution >= 0.6 is 0 Å². The second kappa shape index (κ2) is 10.7. The molecule has 112 valence electrons. The Labute approximate surface area is 110 Å². The van der Waals surface area contributed by atoms with Crippen molar-refractivity contribution in [3.05, 3.63) is 0 Å². The molecule has 2 atom stereocenters. The van der Waals surface area contributed by atoms with Gasteiger partial charge >= 0.3 is 0 Å². The first-order chi connectivity index (χ1) is 8.24. The maximum atomic E-state index is 9.43. The van der Waals surface area contributed by atoms with E-state index in [1.54, 1.807) is 13.8 Å². The minimum atomic E-state index is -0.768. The molecule has 0 aliphatic carbocycles. The lowest BCUT2D eigenvalue weighted by molar-refractivity contribution is -0.0386. The van der Waals surface area contributed by atoms with Gasteiger partial charge in [-0.2, -0.15) is 0 Å². The van der Waals surface area contributed by atoms with Gasteiger partial charge in [-0.25, -0.2) is 0 Å². The smallest absolute Gasteiger partial charge is 0.0641 e. The molecule has 0 rings (SSSR count). The Morgan fingerprint density at radius 3 is 1.61 bits per heavy atom. The molecular formula is C13H30O5. The predicted octanol–water partition coefficient (Wildman–Crippen LogP) is 0.134. The normalized spacial score (nSPS) is 15.0. The van der Waals surface area contributed by atoms with E-state index >= 15 is 0 Å². The first kappa shape index (κ1) is 20.1. The number of hydrogen-bond donors (Lipinski definition) is 5. The molecular weight excluding hydrogens is 236 g/mol. The molecule has 5 nitrogen and oxygen atoms in total. The van der Waals surface area contributed by atoms with Crippen LogP contribution < -0.4 is 0 Å². The van der Waals surface area contributed by atoms with E-state index < -0.39 is 5.60 Å². The van der Waals surface area contributed by atoms with Gasteiger partial charge in [0.15, 0.2) is 0 Å². The van der Waals surface area contributed by atoms with E-state index in [4.69, 9.17) is 15.3 Å². The maximum absolute atomic E-state index is 9.43. The van der Waals surface area contributed by atoms with Gasteiger partial charge < -0.3 is 25.5 Å². The summed E-state index contributed by atoms with van der Waals surface area (Å²) in [7, 11) is 0. The molecule has 0 aromatic heterocycles. The zero-order valence-corrected chi connectivity index (χ0v) is 12.0. The highest BCUT2D eigenvalue weighted by Crippen LogP contribution is 2.20. The monoisotopic (exact) mass is 266 g/mol. The summed E-state index contributed by atoms with van der Waals surface area (Å²) >= 11 is 0. The van der Waals surface area contributed by atoms with Gasteiger partial charge in [0.05, 0.1) is 11.7 Å². The second-order valence-electron chi connectivity index (χ2n) is 5.16. The van der Waals surface area contributed by atoms with E-state index in [0.29, 0.717) is 12.8 Å². The molecule has 0 fully saturated rings. The van der Waals surface area contributed by atoms with Crippen LogP contribution in [0.1, 0.15) is 40.5 Å². The van der Waals surface area contributed by atoms with E-state index in [0.717, 1.165) is 0 Å². The Morgan fingerprint density at radius 2 is 1.50 bits per heavy atom. The minimum absolute atomic E-state index is 0.0335. The zero-order valence-electron chi connectivity index (χ0n) is 12.0. The third kappa shape index (κ3) is 9.79. The van der Waals surface area contributed by atoms with Crippen molar-refractivity contribution in [2.75, 3.05) is 19.8 Å². The van der Waals surface area contributed by atoms with Crippen LogP contribution in [-0.4, -0.2) is 57.1 Å². The summed E-state index contributed by atoms with van der Waals surface area (Å²) in [4.78, 5) is 0. The maximum Gasteiger partial charge on any atom is 0.0641 e. The van der Waals surface area contributed by atoms with Crippen LogP contribution in [0.4, 0.5) is 0 Å². The van der Waals surface area contributed by atoms with E-state index in [1.165, 1.54) is 0 Å². The summed E-state index contributed by atoms with van der Waals surface area (Å²) < 4.78 is 0. The van der Waals surface area contributed by atoms with E-state index in [2.05, 4.69) is 0 Å².